The van der Waals surface area contributed by atoms with Crippen LogP contribution in [-0.2, 0) is 9.59 Å². The molecule has 0 bridgehead atoms. The van der Waals surface area contributed by atoms with Crippen molar-refractivity contribution in [2.24, 2.45) is 4.99 Å². The van der Waals surface area contributed by atoms with Crippen LogP contribution in [0.15, 0.2) is 28.9 Å². The van der Waals surface area contributed by atoms with E-state index in [-0.39, 0.29) is 5.71 Å². The van der Waals surface area contributed by atoms with Crippen molar-refractivity contribution in [1.82, 2.24) is 0 Å². The van der Waals surface area contributed by atoms with E-state index in [2.05, 4.69) is 4.99 Å². The van der Waals surface area contributed by atoms with Crippen molar-refractivity contribution >= 4 is 18.0 Å². The van der Waals surface area contributed by atoms with Crippen LogP contribution in [0.3, 0.4) is 0 Å². The Bertz CT molecular complexity index is 299. The van der Waals surface area contributed by atoms with E-state index in [1.165, 1.54) is 12.3 Å². The van der Waals surface area contributed by atoms with Gasteiger partial charge in [0, 0.05) is 11.8 Å². The molecule has 1 aliphatic heterocycles. The van der Waals surface area contributed by atoms with Crippen LogP contribution < -0.4 is 0 Å². The molecule has 0 unspecified atom stereocenters. The first kappa shape index (κ1) is 8.39. The molecular formula is C8H7NO3. The fourth-order valence-electron chi connectivity index (χ4n) is 0.760. The highest BCUT2D eigenvalue weighted by Gasteiger charge is 2.06. The lowest BCUT2D eigenvalue weighted by atomic mass is 10.2. The summed E-state index contributed by atoms with van der Waals surface area (Å²) in [5, 5.41) is 8.52. The number of aliphatic imine (C=N–C) groups is 1. The molecular weight excluding hydrogens is 158 g/mol. The van der Waals surface area contributed by atoms with Gasteiger partial charge in [0.05, 0.1) is 0 Å². The average Bonchev–Trinajstić information content (AvgIpc) is 2.28. The number of carbonyl (C=O) groups excluding carboxylic acids is 1. The van der Waals surface area contributed by atoms with Crippen LogP contribution in [0.25, 0.3) is 0 Å². The van der Waals surface area contributed by atoms with Crippen molar-refractivity contribution < 1.29 is 14.7 Å². The Morgan fingerprint density at radius 2 is 2.42 bits per heavy atom. The Morgan fingerprint density at radius 1 is 1.67 bits per heavy atom. The first-order valence-electron chi connectivity index (χ1n) is 3.36. The average molecular weight is 165 g/mol. The van der Waals surface area contributed by atoms with Gasteiger partial charge in [0.15, 0.2) is 0 Å². The summed E-state index contributed by atoms with van der Waals surface area (Å²) in [6.45, 7) is 0. The van der Waals surface area contributed by atoms with Crippen LogP contribution in [-0.4, -0.2) is 23.1 Å². The zero-order valence-corrected chi connectivity index (χ0v) is 6.23. The fraction of sp³-hybridized carbons (Fsp3) is 0.125. The minimum absolute atomic E-state index is 0.0492. The van der Waals surface area contributed by atoms with Crippen LogP contribution in [0, 0.1) is 0 Å². The number of hydrogen-bond acceptors (Lipinski definition) is 3. The molecule has 0 saturated carbocycles. The summed E-state index contributed by atoms with van der Waals surface area (Å²) in [5.41, 5.74) is 0.425. The van der Waals surface area contributed by atoms with Gasteiger partial charge in [-0.1, -0.05) is 6.08 Å². The van der Waals surface area contributed by atoms with E-state index >= 15 is 0 Å². The molecule has 12 heavy (non-hydrogen) atoms. The summed E-state index contributed by atoms with van der Waals surface area (Å²) in [5.74, 6) is -1.09. The molecule has 0 aromatic rings. The number of hydrogen-bond donors (Lipinski definition) is 1. The van der Waals surface area contributed by atoms with Crippen molar-refractivity contribution in [3.05, 3.63) is 23.9 Å². The SMILES string of the molecule is O=CC1=CN=C(C(=O)O)C=CC1. The van der Waals surface area contributed by atoms with Gasteiger partial charge in [-0.25, -0.2) is 9.79 Å². The van der Waals surface area contributed by atoms with Crippen molar-refractivity contribution in [2.45, 2.75) is 6.42 Å². The number of rotatable bonds is 2. The molecule has 0 spiro atoms. The lowest BCUT2D eigenvalue weighted by Crippen LogP contribution is -2.08. The Labute approximate surface area is 68.9 Å². The topological polar surface area (TPSA) is 66.7 Å². The highest BCUT2D eigenvalue weighted by atomic mass is 16.4. The second-order valence-electron chi connectivity index (χ2n) is 2.25. The van der Waals surface area contributed by atoms with Crippen molar-refractivity contribution in [3.63, 3.8) is 0 Å². The van der Waals surface area contributed by atoms with E-state index in [0.717, 1.165) is 0 Å². The minimum atomic E-state index is -1.09. The molecule has 1 rings (SSSR count). The van der Waals surface area contributed by atoms with Crippen molar-refractivity contribution in [1.29, 1.82) is 0 Å². The fourth-order valence-corrected chi connectivity index (χ4v) is 0.760. The minimum Gasteiger partial charge on any atom is -0.477 e. The number of allylic oxidation sites excluding steroid dienone is 2. The number of aldehydes is 1. The lowest BCUT2D eigenvalue weighted by molar-refractivity contribution is -0.129. The standard InChI is InChI=1S/C8H7NO3/c10-5-6-2-1-3-7(8(11)12)9-4-6/h1,3-5H,2H2,(H,11,12). The van der Waals surface area contributed by atoms with Gasteiger partial charge in [-0.05, 0) is 12.5 Å². The van der Waals surface area contributed by atoms with Crippen LogP contribution >= 0.6 is 0 Å². The number of carboxylic acids is 1. The van der Waals surface area contributed by atoms with Gasteiger partial charge in [0.25, 0.3) is 0 Å². The van der Waals surface area contributed by atoms with E-state index in [1.54, 1.807) is 6.08 Å². The first-order chi connectivity index (χ1) is 5.74. The van der Waals surface area contributed by atoms with Gasteiger partial charge < -0.3 is 5.11 Å². The molecule has 0 atom stereocenters. The molecule has 4 heteroatoms. The third-order valence-electron chi connectivity index (χ3n) is 1.37. The zero-order valence-electron chi connectivity index (χ0n) is 6.23. The second-order valence-corrected chi connectivity index (χ2v) is 2.25. The van der Waals surface area contributed by atoms with Crippen LogP contribution in [0.1, 0.15) is 6.42 Å². The van der Waals surface area contributed by atoms with Gasteiger partial charge in [-0.15, -0.1) is 0 Å². The Balaban J connectivity index is 2.92. The largest absolute Gasteiger partial charge is 0.477 e. The third kappa shape index (κ3) is 1.88. The molecule has 1 heterocycles. The number of carbonyl (C=O) groups is 2. The normalized spacial score (nSPS) is 16.0. The highest BCUT2D eigenvalue weighted by molar-refractivity contribution is 6.40. The first-order valence-corrected chi connectivity index (χ1v) is 3.36. The number of aliphatic carboxylic acids is 1. The molecule has 4 nitrogen and oxygen atoms in total. The molecule has 0 fully saturated rings. The summed E-state index contributed by atoms with van der Waals surface area (Å²) in [7, 11) is 0. The highest BCUT2D eigenvalue weighted by Crippen LogP contribution is 2.04. The number of nitrogens with zero attached hydrogens (tertiary/aromatic N) is 1. The van der Waals surface area contributed by atoms with E-state index in [0.29, 0.717) is 18.3 Å². The van der Waals surface area contributed by atoms with Gasteiger partial charge in [0.1, 0.15) is 12.0 Å². The Kier molecular flexibility index (Phi) is 2.53. The Hall–Kier alpha value is -1.71. The quantitative estimate of drug-likeness (QED) is 0.608. The molecule has 0 radical (unpaired) electrons. The summed E-state index contributed by atoms with van der Waals surface area (Å²) in [4.78, 5) is 24.3. The molecule has 0 amide bonds. The summed E-state index contributed by atoms with van der Waals surface area (Å²) in [6.07, 6.45) is 5.36. The van der Waals surface area contributed by atoms with Gasteiger partial charge >= 0.3 is 5.97 Å². The number of carboxylic acid groups (broad SMARTS) is 1. The molecule has 62 valence electrons. The van der Waals surface area contributed by atoms with Crippen LogP contribution in [0.2, 0.25) is 0 Å². The summed E-state index contributed by atoms with van der Waals surface area (Å²) in [6, 6.07) is 0. The zero-order chi connectivity index (χ0) is 8.97. The maximum Gasteiger partial charge on any atom is 0.354 e. The van der Waals surface area contributed by atoms with Crippen LogP contribution in [0.5, 0.6) is 0 Å². The van der Waals surface area contributed by atoms with Crippen LogP contribution in [0.4, 0.5) is 0 Å². The van der Waals surface area contributed by atoms with E-state index < -0.39 is 5.97 Å². The van der Waals surface area contributed by atoms with E-state index in [9.17, 15) is 9.59 Å². The maximum atomic E-state index is 10.4. The molecule has 0 aromatic heterocycles. The predicted octanol–water partition coefficient (Wildman–Crippen LogP) is 0.555. The lowest BCUT2D eigenvalue weighted by Gasteiger charge is -1.86. The second kappa shape index (κ2) is 3.61. The summed E-state index contributed by atoms with van der Waals surface area (Å²) >= 11 is 0. The van der Waals surface area contributed by atoms with E-state index in [1.807, 2.05) is 0 Å². The third-order valence-corrected chi connectivity index (χ3v) is 1.37. The molecule has 1 aliphatic rings. The summed E-state index contributed by atoms with van der Waals surface area (Å²) < 4.78 is 0. The Morgan fingerprint density at radius 3 is 3.00 bits per heavy atom. The van der Waals surface area contributed by atoms with Gasteiger partial charge in [0.2, 0.25) is 0 Å². The van der Waals surface area contributed by atoms with Crippen molar-refractivity contribution in [3.8, 4) is 0 Å². The van der Waals surface area contributed by atoms with Gasteiger partial charge in [-0.2, -0.15) is 0 Å². The van der Waals surface area contributed by atoms with Gasteiger partial charge in [-0.3, -0.25) is 4.79 Å². The molecule has 0 aliphatic carbocycles. The van der Waals surface area contributed by atoms with Crippen molar-refractivity contribution in [2.75, 3.05) is 0 Å². The molecule has 0 aromatic carbocycles. The molecule has 1 N–H and O–H groups in total. The smallest absolute Gasteiger partial charge is 0.354 e. The predicted molar refractivity (Wildman–Crippen MR) is 43.0 cm³/mol. The maximum absolute atomic E-state index is 10.4. The van der Waals surface area contributed by atoms with E-state index in [4.69, 9.17) is 5.11 Å². The monoisotopic (exact) mass is 165 g/mol. The molecule has 0 saturated heterocycles.